The zero-order valence-electron chi connectivity index (χ0n) is 13.9. The fraction of sp³-hybridized carbons (Fsp3) is 0.444. The zero-order valence-corrected chi connectivity index (χ0v) is 13.9. The second kappa shape index (κ2) is 7.51. The Morgan fingerprint density at radius 2 is 1.91 bits per heavy atom. The Morgan fingerprint density at radius 1 is 1.22 bits per heavy atom. The topological polar surface area (TPSA) is 58.0 Å². The van der Waals surface area contributed by atoms with E-state index in [9.17, 15) is 9.50 Å². The number of benzene rings is 1. The van der Waals surface area contributed by atoms with Crippen LogP contribution in [0, 0.1) is 11.2 Å². The summed E-state index contributed by atoms with van der Waals surface area (Å²) in [6.45, 7) is 6.38. The van der Waals surface area contributed by atoms with Crippen molar-refractivity contribution in [1.29, 1.82) is 0 Å². The van der Waals surface area contributed by atoms with Crippen molar-refractivity contribution in [3.63, 3.8) is 0 Å². The van der Waals surface area contributed by atoms with Gasteiger partial charge in [0.1, 0.15) is 6.33 Å². The van der Waals surface area contributed by atoms with Crippen LogP contribution in [0.3, 0.4) is 0 Å². The molecule has 23 heavy (non-hydrogen) atoms. The summed E-state index contributed by atoms with van der Waals surface area (Å²) in [6, 6.07) is 9.94. The molecule has 1 aromatic carbocycles. The van der Waals surface area contributed by atoms with Crippen molar-refractivity contribution in [3.8, 4) is 0 Å². The molecule has 0 radical (unpaired) electrons. The van der Waals surface area contributed by atoms with Crippen LogP contribution in [0.15, 0.2) is 36.7 Å². The molecule has 0 aliphatic rings. The van der Waals surface area contributed by atoms with Gasteiger partial charge in [-0.15, -0.1) is 0 Å². The first-order valence-corrected chi connectivity index (χ1v) is 7.88. The molecule has 1 heterocycles. The molecule has 1 atom stereocenters. The third kappa shape index (κ3) is 4.05. The van der Waals surface area contributed by atoms with Crippen molar-refractivity contribution in [2.45, 2.75) is 33.1 Å². The van der Waals surface area contributed by atoms with Crippen LogP contribution in [0.5, 0.6) is 0 Å². The Morgan fingerprint density at radius 3 is 2.52 bits per heavy atom. The lowest BCUT2D eigenvalue weighted by molar-refractivity contribution is 0.134. The third-order valence-corrected chi connectivity index (χ3v) is 4.22. The summed E-state index contributed by atoms with van der Waals surface area (Å²) in [5.74, 6) is -0.164. The van der Waals surface area contributed by atoms with Crippen LogP contribution < -0.4 is 5.32 Å². The SMILES string of the molecule is CCc1ncnc(NCC(c2ccccc2)C(C)(C)CO)c1F. The second-order valence-electron chi connectivity index (χ2n) is 6.33. The molecule has 0 saturated heterocycles. The number of hydrogen-bond acceptors (Lipinski definition) is 4. The summed E-state index contributed by atoms with van der Waals surface area (Å²) in [5.41, 5.74) is 1.16. The Balaban J connectivity index is 2.23. The minimum Gasteiger partial charge on any atom is -0.396 e. The van der Waals surface area contributed by atoms with Gasteiger partial charge in [-0.3, -0.25) is 0 Å². The number of halogens is 1. The maximum Gasteiger partial charge on any atom is 0.186 e. The summed E-state index contributed by atoms with van der Waals surface area (Å²) in [7, 11) is 0. The van der Waals surface area contributed by atoms with Crippen LogP contribution in [0.2, 0.25) is 0 Å². The van der Waals surface area contributed by atoms with E-state index < -0.39 is 5.82 Å². The Kier molecular flexibility index (Phi) is 5.66. The molecule has 1 aromatic heterocycles. The van der Waals surface area contributed by atoms with Gasteiger partial charge >= 0.3 is 0 Å². The minimum absolute atomic E-state index is 0.0214. The van der Waals surface area contributed by atoms with E-state index in [0.29, 0.717) is 18.7 Å². The molecule has 4 nitrogen and oxygen atoms in total. The molecule has 1 unspecified atom stereocenters. The highest BCUT2D eigenvalue weighted by molar-refractivity contribution is 5.38. The molecular formula is C18H24FN3O. The van der Waals surface area contributed by atoms with E-state index in [0.717, 1.165) is 5.56 Å². The molecule has 5 heteroatoms. The Hall–Kier alpha value is -2.01. The van der Waals surface area contributed by atoms with Crippen LogP contribution in [0.4, 0.5) is 10.2 Å². The predicted molar refractivity (Wildman–Crippen MR) is 89.9 cm³/mol. The summed E-state index contributed by atoms with van der Waals surface area (Å²) in [4.78, 5) is 7.94. The highest BCUT2D eigenvalue weighted by Crippen LogP contribution is 2.35. The average Bonchev–Trinajstić information content (AvgIpc) is 2.57. The average molecular weight is 317 g/mol. The molecule has 0 saturated carbocycles. The van der Waals surface area contributed by atoms with Gasteiger partial charge in [0.2, 0.25) is 0 Å². The molecule has 2 aromatic rings. The number of aryl methyl sites for hydroxylation is 1. The summed E-state index contributed by atoms with van der Waals surface area (Å²) in [5, 5.41) is 12.8. The van der Waals surface area contributed by atoms with Crippen LogP contribution >= 0.6 is 0 Å². The van der Waals surface area contributed by atoms with E-state index in [-0.39, 0.29) is 23.8 Å². The van der Waals surface area contributed by atoms with Crippen molar-refractivity contribution in [2.24, 2.45) is 5.41 Å². The second-order valence-corrected chi connectivity index (χ2v) is 6.33. The van der Waals surface area contributed by atoms with Crippen LogP contribution in [-0.4, -0.2) is 28.2 Å². The van der Waals surface area contributed by atoms with Gasteiger partial charge in [0, 0.05) is 19.1 Å². The number of aliphatic hydroxyl groups is 1. The van der Waals surface area contributed by atoms with Gasteiger partial charge < -0.3 is 10.4 Å². The molecule has 2 rings (SSSR count). The first kappa shape index (κ1) is 17.3. The summed E-state index contributed by atoms with van der Waals surface area (Å²) in [6.07, 6.45) is 1.90. The number of hydrogen-bond donors (Lipinski definition) is 2. The van der Waals surface area contributed by atoms with E-state index >= 15 is 0 Å². The number of anilines is 1. The fourth-order valence-corrected chi connectivity index (χ4v) is 2.62. The van der Waals surface area contributed by atoms with Crippen LogP contribution in [0.1, 0.15) is 37.9 Å². The van der Waals surface area contributed by atoms with Gasteiger partial charge in [-0.05, 0) is 17.4 Å². The molecule has 0 spiro atoms. The molecule has 0 aliphatic heterocycles. The van der Waals surface area contributed by atoms with Crippen LogP contribution in [0.25, 0.3) is 0 Å². The van der Waals surface area contributed by atoms with Gasteiger partial charge in [-0.2, -0.15) is 0 Å². The van der Waals surface area contributed by atoms with E-state index in [4.69, 9.17) is 0 Å². The molecule has 2 N–H and O–H groups in total. The quantitative estimate of drug-likeness (QED) is 0.822. The summed E-state index contributed by atoms with van der Waals surface area (Å²) >= 11 is 0. The maximum atomic E-state index is 14.3. The molecule has 0 bridgehead atoms. The van der Waals surface area contributed by atoms with Crippen molar-refractivity contribution in [1.82, 2.24) is 9.97 Å². The monoisotopic (exact) mass is 317 g/mol. The van der Waals surface area contributed by atoms with Crippen molar-refractivity contribution in [2.75, 3.05) is 18.5 Å². The van der Waals surface area contributed by atoms with Crippen LogP contribution in [-0.2, 0) is 6.42 Å². The maximum absolute atomic E-state index is 14.3. The minimum atomic E-state index is -0.399. The van der Waals surface area contributed by atoms with E-state index in [1.165, 1.54) is 6.33 Å². The standard InChI is InChI=1S/C18H24FN3O/c1-4-15-16(19)17(22-12-21-15)20-10-14(18(2,3)11-23)13-8-6-5-7-9-13/h5-9,12,14,23H,4,10-11H2,1-3H3,(H,20,21,22). The molecular weight excluding hydrogens is 293 g/mol. The molecule has 0 aliphatic carbocycles. The zero-order chi connectivity index (χ0) is 16.9. The van der Waals surface area contributed by atoms with E-state index in [1.54, 1.807) is 0 Å². The third-order valence-electron chi connectivity index (χ3n) is 4.22. The Bertz CT molecular complexity index is 631. The van der Waals surface area contributed by atoms with Crippen molar-refractivity contribution < 1.29 is 9.50 Å². The van der Waals surface area contributed by atoms with Crippen molar-refractivity contribution in [3.05, 3.63) is 53.7 Å². The van der Waals surface area contributed by atoms with Gasteiger partial charge in [0.15, 0.2) is 11.6 Å². The number of nitrogens with one attached hydrogen (secondary N) is 1. The smallest absolute Gasteiger partial charge is 0.186 e. The molecule has 0 amide bonds. The number of aliphatic hydroxyl groups excluding tert-OH is 1. The highest BCUT2D eigenvalue weighted by atomic mass is 19.1. The summed E-state index contributed by atoms with van der Waals surface area (Å²) < 4.78 is 14.3. The Labute approximate surface area is 136 Å². The van der Waals surface area contributed by atoms with Gasteiger partial charge in [0.05, 0.1) is 5.69 Å². The first-order chi connectivity index (χ1) is 11.0. The fourth-order valence-electron chi connectivity index (χ4n) is 2.62. The van der Waals surface area contributed by atoms with E-state index in [1.807, 2.05) is 51.1 Å². The largest absolute Gasteiger partial charge is 0.396 e. The van der Waals surface area contributed by atoms with Gasteiger partial charge in [-0.25, -0.2) is 14.4 Å². The molecule has 124 valence electrons. The van der Waals surface area contributed by atoms with Gasteiger partial charge in [0.25, 0.3) is 0 Å². The predicted octanol–water partition coefficient (Wildman–Crippen LogP) is 3.39. The number of aromatic nitrogens is 2. The van der Waals surface area contributed by atoms with Gasteiger partial charge in [-0.1, -0.05) is 51.1 Å². The highest BCUT2D eigenvalue weighted by Gasteiger charge is 2.30. The lowest BCUT2D eigenvalue weighted by Gasteiger charge is -2.33. The first-order valence-electron chi connectivity index (χ1n) is 7.88. The van der Waals surface area contributed by atoms with Crippen molar-refractivity contribution >= 4 is 5.82 Å². The lowest BCUT2D eigenvalue weighted by Crippen LogP contribution is -2.31. The van der Waals surface area contributed by atoms with E-state index in [2.05, 4.69) is 15.3 Å². The normalized spacial score (nSPS) is 12.9. The number of nitrogens with zero attached hydrogens (tertiary/aromatic N) is 2. The molecule has 0 fully saturated rings. The number of rotatable bonds is 7. The lowest BCUT2D eigenvalue weighted by atomic mass is 9.75.